The molecule has 0 fully saturated rings. The van der Waals surface area contributed by atoms with E-state index >= 15 is 0 Å². The number of fused-ring (bicyclic) bond motifs is 1. The second kappa shape index (κ2) is 7.68. The Bertz CT molecular complexity index is 1000. The van der Waals surface area contributed by atoms with Crippen molar-refractivity contribution in [2.45, 2.75) is 19.8 Å². The molecule has 0 amide bonds. The zero-order chi connectivity index (χ0) is 19.4. The van der Waals surface area contributed by atoms with E-state index in [0.717, 1.165) is 12.8 Å². The highest BCUT2D eigenvalue weighted by atomic mass is 16.5. The molecule has 2 aromatic heterocycles. The fourth-order valence-corrected chi connectivity index (χ4v) is 2.45. The molecule has 140 valence electrons. The van der Waals surface area contributed by atoms with E-state index < -0.39 is 0 Å². The van der Waals surface area contributed by atoms with Gasteiger partial charge in [0.05, 0.1) is 12.2 Å². The van der Waals surface area contributed by atoms with Crippen LogP contribution in [0.15, 0.2) is 29.4 Å². The number of anilines is 2. The zero-order valence-electron chi connectivity index (χ0n) is 14.9. The minimum Gasteiger partial charge on any atom is -0.493 e. The van der Waals surface area contributed by atoms with Crippen molar-refractivity contribution in [3.8, 4) is 17.1 Å². The van der Waals surface area contributed by atoms with Crippen molar-refractivity contribution < 1.29 is 4.74 Å². The first-order valence-corrected chi connectivity index (χ1v) is 8.41. The molecule has 0 atom stereocenters. The molecule has 0 spiro atoms. The fourth-order valence-electron chi connectivity index (χ4n) is 2.45. The van der Waals surface area contributed by atoms with E-state index in [9.17, 15) is 0 Å². The molecule has 0 saturated heterocycles. The van der Waals surface area contributed by atoms with Gasteiger partial charge in [0.15, 0.2) is 34.5 Å². The lowest BCUT2D eigenvalue weighted by Crippen LogP contribution is -2.20. The molecule has 0 aliphatic heterocycles. The van der Waals surface area contributed by atoms with Crippen molar-refractivity contribution in [2.75, 3.05) is 18.1 Å². The first kappa shape index (κ1) is 18.1. The number of nitrogens with zero attached hydrogens (tertiary/aromatic N) is 5. The van der Waals surface area contributed by atoms with Gasteiger partial charge in [0.2, 0.25) is 0 Å². The van der Waals surface area contributed by atoms with Crippen LogP contribution in [-0.2, 0) is 0 Å². The number of hydrogen-bond acceptors (Lipinski definition) is 9. The van der Waals surface area contributed by atoms with E-state index in [1.165, 1.54) is 0 Å². The summed E-state index contributed by atoms with van der Waals surface area (Å²) in [6, 6.07) is 7.46. The number of nitrogen functional groups attached to an aromatic ring is 2. The normalized spacial score (nSPS) is 11.7. The molecule has 27 heavy (non-hydrogen) atoms. The lowest BCUT2D eigenvalue weighted by atomic mass is 10.2. The summed E-state index contributed by atoms with van der Waals surface area (Å²) in [5, 5.41) is 3.38. The second-order valence-electron chi connectivity index (χ2n) is 5.77. The topological polar surface area (TPSA) is 177 Å². The van der Waals surface area contributed by atoms with Crippen LogP contribution in [0.25, 0.3) is 22.6 Å². The maximum Gasteiger partial charge on any atom is 0.186 e. The third kappa shape index (κ3) is 3.64. The van der Waals surface area contributed by atoms with Gasteiger partial charge >= 0.3 is 0 Å². The van der Waals surface area contributed by atoms with E-state index in [2.05, 4.69) is 32.0 Å². The Balaban J connectivity index is 2.10. The summed E-state index contributed by atoms with van der Waals surface area (Å²) in [7, 11) is 0. The number of para-hydroxylation sites is 1. The first-order valence-electron chi connectivity index (χ1n) is 8.41. The third-order valence-electron chi connectivity index (χ3n) is 3.85. The first-order chi connectivity index (χ1) is 13.0. The smallest absolute Gasteiger partial charge is 0.186 e. The maximum atomic E-state index is 6.08. The fraction of sp³-hybridized carbons (Fsp3) is 0.235. The highest BCUT2D eigenvalue weighted by Crippen LogP contribution is 2.29. The van der Waals surface area contributed by atoms with Gasteiger partial charge in [-0.15, -0.1) is 0 Å². The van der Waals surface area contributed by atoms with Crippen molar-refractivity contribution in [3.63, 3.8) is 0 Å². The molecule has 0 aliphatic rings. The van der Waals surface area contributed by atoms with Crippen LogP contribution in [0, 0.1) is 0 Å². The van der Waals surface area contributed by atoms with Gasteiger partial charge < -0.3 is 27.8 Å². The van der Waals surface area contributed by atoms with Crippen molar-refractivity contribution in [1.29, 1.82) is 0 Å². The summed E-state index contributed by atoms with van der Waals surface area (Å²) in [6.45, 7) is 2.70. The average Bonchev–Trinajstić information content (AvgIpc) is 2.67. The number of aromatic nitrogens is 4. The predicted molar refractivity (Wildman–Crippen MR) is 105 cm³/mol. The molecule has 10 nitrogen and oxygen atoms in total. The van der Waals surface area contributed by atoms with Crippen LogP contribution in [0.5, 0.6) is 5.75 Å². The number of ether oxygens (including phenoxy) is 1. The Hall–Kier alpha value is -3.69. The van der Waals surface area contributed by atoms with Gasteiger partial charge in [0, 0.05) is 0 Å². The Morgan fingerprint density at radius 3 is 2.59 bits per heavy atom. The molecule has 0 bridgehead atoms. The molecule has 3 rings (SSSR count). The molecule has 0 unspecified atom stereocenters. The van der Waals surface area contributed by atoms with Crippen molar-refractivity contribution in [3.05, 3.63) is 30.0 Å². The van der Waals surface area contributed by atoms with E-state index in [4.69, 9.17) is 27.8 Å². The van der Waals surface area contributed by atoms with Crippen LogP contribution in [0.1, 0.15) is 25.5 Å². The van der Waals surface area contributed by atoms with Gasteiger partial charge in [-0.1, -0.05) is 25.5 Å². The molecule has 0 radical (unpaired) electrons. The summed E-state index contributed by atoms with van der Waals surface area (Å²) in [6.07, 6.45) is 1.98. The zero-order valence-corrected chi connectivity index (χ0v) is 14.9. The van der Waals surface area contributed by atoms with Crippen LogP contribution in [-0.4, -0.2) is 32.4 Å². The SMILES string of the molecule is CCCCOc1ccccc1-c1nc(N)c2nc(C(N)=NN)c(N)nc2n1. The highest BCUT2D eigenvalue weighted by molar-refractivity contribution is 6.01. The summed E-state index contributed by atoms with van der Waals surface area (Å²) in [5.41, 5.74) is 19.0. The van der Waals surface area contributed by atoms with Crippen LogP contribution in [0.2, 0.25) is 0 Å². The summed E-state index contributed by atoms with van der Waals surface area (Å²) >= 11 is 0. The van der Waals surface area contributed by atoms with Crippen LogP contribution >= 0.6 is 0 Å². The number of hydrogen-bond donors (Lipinski definition) is 4. The standard InChI is InChI=1S/C17H21N9O/c1-2-3-8-27-10-7-5-4-6-9(10)16-23-14(19)12-17(25-16)24-13(18)11(22-12)15(20)26-21/h4-7H,2-3,8,21H2,1H3,(H2,20,26)(H4,18,19,23,24,25). The molecule has 3 aromatic rings. The largest absolute Gasteiger partial charge is 0.493 e. The second-order valence-corrected chi connectivity index (χ2v) is 5.77. The Kier molecular flexibility index (Phi) is 5.15. The number of unbranched alkanes of at least 4 members (excludes halogenated alkanes) is 1. The van der Waals surface area contributed by atoms with Gasteiger partial charge in [-0.2, -0.15) is 5.10 Å². The highest BCUT2D eigenvalue weighted by Gasteiger charge is 2.17. The van der Waals surface area contributed by atoms with E-state index in [1.54, 1.807) is 0 Å². The van der Waals surface area contributed by atoms with Crippen molar-refractivity contribution in [1.82, 2.24) is 19.9 Å². The molecule has 2 heterocycles. The molecule has 1 aromatic carbocycles. The van der Waals surface area contributed by atoms with E-state index in [1.807, 2.05) is 24.3 Å². The molecular weight excluding hydrogens is 346 g/mol. The number of amidine groups is 1. The van der Waals surface area contributed by atoms with Gasteiger partial charge in [-0.3, -0.25) is 0 Å². The quantitative estimate of drug-likeness (QED) is 0.163. The number of hydrazone groups is 1. The Labute approximate surface area is 155 Å². The van der Waals surface area contributed by atoms with Crippen LogP contribution in [0.4, 0.5) is 11.6 Å². The molecule has 0 aliphatic carbocycles. The average molecular weight is 367 g/mol. The van der Waals surface area contributed by atoms with Gasteiger partial charge in [-0.05, 0) is 18.6 Å². The third-order valence-corrected chi connectivity index (χ3v) is 3.85. The minimum atomic E-state index is -0.0555. The molecule has 8 N–H and O–H groups in total. The predicted octanol–water partition coefficient (Wildman–Crippen LogP) is 1.01. The van der Waals surface area contributed by atoms with E-state index in [0.29, 0.717) is 23.7 Å². The lowest BCUT2D eigenvalue weighted by molar-refractivity contribution is 0.310. The number of nitrogens with two attached hydrogens (primary N) is 4. The summed E-state index contributed by atoms with van der Waals surface area (Å²) in [4.78, 5) is 17.3. The summed E-state index contributed by atoms with van der Waals surface area (Å²) in [5.74, 6) is 6.35. The van der Waals surface area contributed by atoms with Crippen LogP contribution < -0.4 is 27.8 Å². The maximum absolute atomic E-state index is 6.08. The van der Waals surface area contributed by atoms with Crippen molar-refractivity contribution in [2.24, 2.45) is 16.7 Å². The molecular formula is C17H21N9O. The lowest BCUT2D eigenvalue weighted by Gasteiger charge is -2.12. The van der Waals surface area contributed by atoms with Gasteiger partial charge in [-0.25, -0.2) is 19.9 Å². The van der Waals surface area contributed by atoms with Gasteiger partial charge in [0.25, 0.3) is 0 Å². The minimum absolute atomic E-state index is 0.0470. The van der Waals surface area contributed by atoms with Crippen LogP contribution in [0.3, 0.4) is 0 Å². The van der Waals surface area contributed by atoms with E-state index in [-0.39, 0.29) is 34.3 Å². The van der Waals surface area contributed by atoms with Gasteiger partial charge in [0.1, 0.15) is 11.4 Å². The number of rotatable bonds is 6. The molecule has 10 heteroatoms. The molecule has 0 saturated carbocycles. The van der Waals surface area contributed by atoms with Crippen molar-refractivity contribution >= 4 is 28.6 Å². The Morgan fingerprint density at radius 2 is 1.85 bits per heavy atom. The number of benzene rings is 1. The monoisotopic (exact) mass is 367 g/mol. The summed E-state index contributed by atoms with van der Waals surface area (Å²) < 4.78 is 5.85. The Morgan fingerprint density at radius 1 is 1.07 bits per heavy atom.